The predicted molar refractivity (Wildman–Crippen MR) is 123 cm³/mol. The molecule has 1 amide bonds. The van der Waals surface area contributed by atoms with E-state index in [0.29, 0.717) is 33.4 Å². The molecule has 0 aliphatic heterocycles. The van der Waals surface area contributed by atoms with Crippen LogP contribution in [-0.4, -0.2) is 10.5 Å². The number of fused-ring (bicyclic) bond motifs is 1. The van der Waals surface area contributed by atoms with E-state index >= 15 is 0 Å². The zero-order valence-corrected chi connectivity index (χ0v) is 17.9. The van der Waals surface area contributed by atoms with E-state index in [1.807, 2.05) is 60.0 Å². The van der Waals surface area contributed by atoms with Crippen molar-refractivity contribution in [2.45, 2.75) is 13.5 Å². The molecule has 4 aromatic rings. The third-order valence-corrected chi connectivity index (χ3v) is 6.08. The monoisotopic (exact) mass is 434 g/mol. The molecule has 0 bridgehead atoms. The number of carbonyl (C=O) groups excluding carboxylic acids is 1. The van der Waals surface area contributed by atoms with Gasteiger partial charge in [-0.15, -0.1) is 6.58 Å². The van der Waals surface area contributed by atoms with Crippen LogP contribution in [0.1, 0.15) is 15.9 Å². The summed E-state index contributed by atoms with van der Waals surface area (Å²) >= 11 is 7.77. The highest BCUT2D eigenvalue weighted by molar-refractivity contribution is 7.16. The van der Waals surface area contributed by atoms with Crippen molar-refractivity contribution >= 4 is 39.1 Å². The fourth-order valence-electron chi connectivity index (χ4n) is 3.19. The first-order chi connectivity index (χ1) is 14.6. The lowest BCUT2D eigenvalue weighted by Gasteiger charge is -2.09. The number of hydrogen-bond acceptors (Lipinski definition) is 3. The molecule has 0 aliphatic carbocycles. The number of thiazole rings is 1. The number of allylic oxidation sites excluding steroid dienone is 1. The summed E-state index contributed by atoms with van der Waals surface area (Å²) in [5.74, 6) is 0.759. The van der Waals surface area contributed by atoms with E-state index in [1.165, 1.54) is 11.3 Å². The summed E-state index contributed by atoms with van der Waals surface area (Å²) in [7, 11) is 0. The quantitative estimate of drug-likeness (QED) is 0.342. The van der Waals surface area contributed by atoms with Crippen LogP contribution in [-0.2, 0) is 6.54 Å². The summed E-state index contributed by atoms with van der Waals surface area (Å²) in [5, 5.41) is 0.678. The van der Waals surface area contributed by atoms with Crippen molar-refractivity contribution in [3.63, 3.8) is 0 Å². The van der Waals surface area contributed by atoms with Crippen molar-refractivity contribution in [2.75, 3.05) is 0 Å². The van der Waals surface area contributed by atoms with Gasteiger partial charge in [0.25, 0.3) is 5.91 Å². The third-order valence-electron chi connectivity index (χ3n) is 4.63. The molecule has 0 saturated carbocycles. The normalized spacial score (nSPS) is 11.6. The topological polar surface area (TPSA) is 43.6 Å². The molecular formula is C24H19ClN2O2S. The average molecular weight is 435 g/mol. The number of ether oxygens (including phenoxy) is 1. The summed E-state index contributed by atoms with van der Waals surface area (Å²) in [6.45, 7) is 6.33. The van der Waals surface area contributed by atoms with Crippen LogP contribution in [0.15, 0.2) is 84.4 Å². The standard InChI is InChI=1S/C24H19ClN2O2S/c1-3-15-27-22-16(2)19(25)13-14-21(22)30-24(27)26-23(28)18-11-7-8-12-20(18)29-17-9-5-4-6-10-17/h3-14H,1,15H2,2H3. The fourth-order valence-corrected chi connectivity index (χ4v) is 4.44. The SMILES string of the molecule is C=CCn1c(=NC(=O)c2ccccc2Oc2ccccc2)sc2ccc(Cl)c(C)c21. The van der Waals surface area contributed by atoms with Crippen molar-refractivity contribution in [1.82, 2.24) is 4.57 Å². The van der Waals surface area contributed by atoms with Gasteiger partial charge in [0.1, 0.15) is 11.5 Å². The smallest absolute Gasteiger partial charge is 0.283 e. The largest absolute Gasteiger partial charge is 0.457 e. The number of para-hydroxylation sites is 2. The molecule has 4 nitrogen and oxygen atoms in total. The summed E-state index contributed by atoms with van der Waals surface area (Å²) in [6.07, 6.45) is 1.78. The maximum atomic E-state index is 13.1. The van der Waals surface area contributed by atoms with Gasteiger partial charge in [-0.1, -0.05) is 59.3 Å². The van der Waals surface area contributed by atoms with Gasteiger partial charge in [-0.05, 0) is 48.9 Å². The second-order valence-corrected chi connectivity index (χ2v) is 8.05. The number of nitrogens with zero attached hydrogens (tertiary/aromatic N) is 2. The first-order valence-corrected chi connectivity index (χ1v) is 10.6. The molecular weight excluding hydrogens is 416 g/mol. The Labute approximate surface area is 183 Å². The number of benzene rings is 3. The van der Waals surface area contributed by atoms with Crippen LogP contribution >= 0.6 is 22.9 Å². The highest BCUT2D eigenvalue weighted by Crippen LogP contribution is 2.28. The first-order valence-electron chi connectivity index (χ1n) is 9.39. The average Bonchev–Trinajstić information content (AvgIpc) is 3.10. The van der Waals surface area contributed by atoms with Gasteiger partial charge in [-0.2, -0.15) is 4.99 Å². The third kappa shape index (κ3) is 3.95. The number of halogens is 1. The van der Waals surface area contributed by atoms with E-state index in [1.54, 1.807) is 24.3 Å². The molecule has 6 heteroatoms. The van der Waals surface area contributed by atoms with Crippen molar-refractivity contribution in [3.8, 4) is 11.5 Å². The van der Waals surface area contributed by atoms with Crippen LogP contribution in [0.25, 0.3) is 10.2 Å². The Balaban J connectivity index is 1.81. The maximum absolute atomic E-state index is 13.1. The Hall–Kier alpha value is -3.15. The minimum absolute atomic E-state index is 0.366. The molecule has 0 N–H and O–H groups in total. The summed E-state index contributed by atoms with van der Waals surface area (Å²) in [6, 6.07) is 20.3. The molecule has 3 aromatic carbocycles. The van der Waals surface area contributed by atoms with Gasteiger partial charge in [0.05, 0.1) is 15.8 Å². The van der Waals surface area contributed by atoms with Crippen LogP contribution in [0.5, 0.6) is 11.5 Å². The molecule has 4 rings (SSSR count). The number of amides is 1. The molecule has 0 unspecified atom stereocenters. The number of aromatic nitrogens is 1. The Morgan fingerprint density at radius 3 is 2.63 bits per heavy atom. The number of aryl methyl sites for hydroxylation is 1. The zero-order valence-electron chi connectivity index (χ0n) is 16.3. The predicted octanol–water partition coefficient (Wildman–Crippen LogP) is 6.38. The van der Waals surface area contributed by atoms with E-state index in [2.05, 4.69) is 11.6 Å². The number of hydrogen-bond donors (Lipinski definition) is 0. The molecule has 30 heavy (non-hydrogen) atoms. The molecule has 1 aromatic heterocycles. The van der Waals surface area contributed by atoms with Gasteiger partial charge >= 0.3 is 0 Å². The van der Waals surface area contributed by atoms with Crippen LogP contribution < -0.4 is 9.54 Å². The summed E-state index contributed by atoms with van der Waals surface area (Å²) in [4.78, 5) is 18.1. The van der Waals surface area contributed by atoms with Crippen LogP contribution in [0, 0.1) is 6.92 Å². The lowest BCUT2D eigenvalue weighted by Crippen LogP contribution is -2.17. The van der Waals surface area contributed by atoms with Crippen molar-refractivity contribution in [3.05, 3.63) is 100 Å². The van der Waals surface area contributed by atoms with E-state index in [9.17, 15) is 4.79 Å². The van der Waals surface area contributed by atoms with Crippen LogP contribution in [0.2, 0.25) is 5.02 Å². The highest BCUT2D eigenvalue weighted by atomic mass is 35.5. The molecule has 0 aliphatic rings. The second kappa shape index (κ2) is 8.69. The Morgan fingerprint density at radius 2 is 1.87 bits per heavy atom. The van der Waals surface area contributed by atoms with Gasteiger partial charge < -0.3 is 9.30 Å². The van der Waals surface area contributed by atoms with E-state index in [-0.39, 0.29) is 5.91 Å². The fraction of sp³-hybridized carbons (Fsp3) is 0.0833. The molecule has 0 radical (unpaired) electrons. The number of carbonyl (C=O) groups is 1. The zero-order chi connectivity index (χ0) is 21.1. The van der Waals surface area contributed by atoms with Crippen molar-refractivity contribution < 1.29 is 9.53 Å². The Bertz CT molecular complexity index is 1310. The van der Waals surface area contributed by atoms with Crippen LogP contribution in [0.3, 0.4) is 0 Å². The van der Waals surface area contributed by atoms with E-state index in [4.69, 9.17) is 16.3 Å². The van der Waals surface area contributed by atoms with E-state index in [0.717, 1.165) is 15.8 Å². The summed E-state index contributed by atoms with van der Waals surface area (Å²) in [5.41, 5.74) is 2.32. The summed E-state index contributed by atoms with van der Waals surface area (Å²) < 4.78 is 8.90. The molecule has 0 spiro atoms. The van der Waals surface area contributed by atoms with Gasteiger partial charge in [-0.3, -0.25) is 4.79 Å². The van der Waals surface area contributed by atoms with Gasteiger partial charge in [0.15, 0.2) is 4.80 Å². The lowest BCUT2D eigenvalue weighted by molar-refractivity contribution is 0.0995. The second-order valence-electron chi connectivity index (χ2n) is 6.63. The van der Waals surface area contributed by atoms with Gasteiger partial charge in [-0.25, -0.2) is 0 Å². The minimum Gasteiger partial charge on any atom is -0.457 e. The maximum Gasteiger partial charge on any atom is 0.283 e. The molecule has 0 saturated heterocycles. The van der Waals surface area contributed by atoms with E-state index < -0.39 is 0 Å². The lowest BCUT2D eigenvalue weighted by atomic mass is 10.2. The molecule has 0 atom stereocenters. The van der Waals surface area contributed by atoms with Crippen molar-refractivity contribution in [1.29, 1.82) is 0 Å². The van der Waals surface area contributed by atoms with Gasteiger partial charge in [0.2, 0.25) is 0 Å². The van der Waals surface area contributed by atoms with Crippen molar-refractivity contribution in [2.24, 2.45) is 4.99 Å². The van der Waals surface area contributed by atoms with Gasteiger partial charge in [0, 0.05) is 11.6 Å². The minimum atomic E-state index is -0.366. The molecule has 1 heterocycles. The highest BCUT2D eigenvalue weighted by Gasteiger charge is 2.15. The van der Waals surface area contributed by atoms with Crippen LogP contribution in [0.4, 0.5) is 0 Å². The first kappa shape index (κ1) is 20.1. The Morgan fingerprint density at radius 1 is 1.13 bits per heavy atom. The molecule has 150 valence electrons. The Kier molecular flexibility index (Phi) is 5.84. The molecule has 0 fully saturated rings. The number of rotatable bonds is 5.